The zero-order valence-electron chi connectivity index (χ0n) is 12.4. The van der Waals surface area contributed by atoms with Gasteiger partial charge in [0.15, 0.2) is 0 Å². The molecule has 0 saturated heterocycles. The number of esters is 1. The van der Waals surface area contributed by atoms with E-state index in [4.69, 9.17) is 0 Å². The summed E-state index contributed by atoms with van der Waals surface area (Å²) in [5.74, 6) is -1.27. The first-order valence-electron chi connectivity index (χ1n) is 6.63. The highest BCUT2D eigenvalue weighted by atomic mass is 16.5. The van der Waals surface area contributed by atoms with E-state index >= 15 is 0 Å². The summed E-state index contributed by atoms with van der Waals surface area (Å²) in [6.07, 6.45) is 0.347. The van der Waals surface area contributed by atoms with Gasteiger partial charge in [0.1, 0.15) is 12.1 Å². The number of nitrogens with one attached hydrogen (secondary N) is 2. The zero-order valence-corrected chi connectivity index (χ0v) is 12.4. The van der Waals surface area contributed by atoms with Crippen LogP contribution in [-0.4, -0.2) is 37.0 Å². The Bertz CT molecular complexity index is 502. The Hall–Kier alpha value is -2.37. The third-order valence-corrected chi connectivity index (χ3v) is 2.89. The second kappa shape index (κ2) is 8.04. The maximum absolute atomic E-state index is 12.2. The van der Waals surface area contributed by atoms with Crippen molar-refractivity contribution in [3.05, 3.63) is 35.9 Å². The summed E-state index contributed by atoms with van der Waals surface area (Å²) in [7, 11) is 1.25. The van der Waals surface area contributed by atoms with Crippen LogP contribution in [0.25, 0.3) is 0 Å². The van der Waals surface area contributed by atoms with E-state index in [2.05, 4.69) is 15.4 Å². The van der Waals surface area contributed by atoms with Crippen molar-refractivity contribution in [2.75, 3.05) is 7.11 Å². The largest absolute Gasteiger partial charge is 0.467 e. The van der Waals surface area contributed by atoms with E-state index in [1.807, 2.05) is 30.3 Å². The van der Waals surface area contributed by atoms with Gasteiger partial charge in [-0.25, -0.2) is 4.79 Å². The number of carbonyl (C=O) groups excluding carboxylic acids is 3. The molecule has 0 radical (unpaired) electrons. The van der Waals surface area contributed by atoms with Crippen molar-refractivity contribution in [2.45, 2.75) is 32.4 Å². The minimum Gasteiger partial charge on any atom is -0.467 e. The maximum Gasteiger partial charge on any atom is 0.328 e. The van der Waals surface area contributed by atoms with Crippen LogP contribution in [0.3, 0.4) is 0 Å². The molecule has 1 rings (SSSR count). The summed E-state index contributed by atoms with van der Waals surface area (Å²) in [4.78, 5) is 34.7. The molecule has 0 unspecified atom stereocenters. The van der Waals surface area contributed by atoms with Gasteiger partial charge in [0.25, 0.3) is 0 Å². The molecule has 2 atom stereocenters. The number of methoxy groups -OCH3 is 1. The van der Waals surface area contributed by atoms with Gasteiger partial charge in [-0.3, -0.25) is 9.59 Å². The number of rotatable bonds is 6. The van der Waals surface area contributed by atoms with Crippen LogP contribution in [0.1, 0.15) is 19.4 Å². The van der Waals surface area contributed by atoms with Gasteiger partial charge in [-0.2, -0.15) is 0 Å². The average molecular weight is 292 g/mol. The zero-order chi connectivity index (χ0) is 15.8. The predicted molar refractivity (Wildman–Crippen MR) is 77.4 cm³/mol. The molecule has 0 spiro atoms. The van der Waals surface area contributed by atoms with Crippen LogP contribution in [0.15, 0.2) is 30.3 Å². The molecule has 1 aromatic rings. The van der Waals surface area contributed by atoms with Gasteiger partial charge in [-0.1, -0.05) is 30.3 Å². The molecule has 0 aliphatic carbocycles. The highest BCUT2D eigenvalue weighted by Crippen LogP contribution is 2.04. The van der Waals surface area contributed by atoms with Crippen molar-refractivity contribution >= 4 is 17.8 Å². The van der Waals surface area contributed by atoms with E-state index < -0.39 is 24.0 Å². The van der Waals surface area contributed by atoms with Crippen molar-refractivity contribution in [3.8, 4) is 0 Å². The molecule has 0 aliphatic heterocycles. The molecular weight excluding hydrogens is 272 g/mol. The molecule has 0 bridgehead atoms. The first-order valence-corrected chi connectivity index (χ1v) is 6.63. The SMILES string of the molecule is COC(=O)[C@H](C)NC(=O)[C@@H](Cc1ccccc1)NC(C)=O. The summed E-state index contributed by atoms with van der Waals surface area (Å²) in [5, 5.41) is 5.12. The third-order valence-electron chi connectivity index (χ3n) is 2.89. The highest BCUT2D eigenvalue weighted by molar-refractivity contribution is 5.90. The Morgan fingerprint density at radius 3 is 2.29 bits per heavy atom. The standard InChI is InChI=1S/C15H20N2O4/c1-10(15(20)21-3)16-14(19)13(17-11(2)18)9-12-7-5-4-6-8-12/h4-8,10,13H,9H2,1-3H3,(H,16,19)(H,17,18)/t10-,13+/m0/s1. The monoisotopic (exact) mass is 292 g/mol. The van der Waals surface area contributed by atoms with Crippen molar-refractivity contribution < 1.29 is 19.1 Å². The average Bonchev–Trinajstić information content (AvgIpc) is 2.46. The van der Waals surface area contributed by atoms with Gasteiger partial charge < -0.3 is 15.4 Å². The Labute approximate surface area is 123 Å². The minimum absolute atomic E-state index is 0.309. The molecule has 2 amide bonds. The fourth-order valence-electron chi connectivity index (χ4n) is 1.85. The first kappa shape index (κ1) is 16.7. The van der Waals surface area contributed by atoms with E-state index in [-0.39, 0.29) is 5.91 Å². The molecule has 1 aromatic carbocycles. The van der Waals surface area contributed by atoms with Gasteiger partial charge in [0, 0.05) is 13.3 Å². The summed E-state index contributed by atoms with van der Waals surface area (Å²) >= 11 is 0. The van der Waals surface area contributed by atoms with Crippen molar-refractivity contribution in [1.29, 1.82) is 0 Å². The minimum atomic E-state index is -0.769. The van der Waals surface area contributed by atoms with E-state index in [9.17, 15) is 14.4 Å². The van der Waals surface area contributed by atoms with Gasteiger partial charge in [0.2, 0.25) is 11.8 Å². The van der Waals surface area contributed by atoms with Crippen LogP contribution in [0.4, 0.5) is 0 Å². The normalized spacial score (nSPS) is 12.9. The van der Waals surface area contributed by atoms with Gasteiger partial charge in [-0.15, -0.1) is 0 Å². The first-order chi connectivity index (χ1) is 9.93. The Balaban J connectivity index is 2.75. The smallest absolute Gasteiger partial charge is 0.328 e. The van der Waals surface area contributed by atoms with E-state index in [0.29, 0.717) is 6.42 Å². The lowest BCUT2D eigenvalue weighted by Gasteiger charge is -2.20. The molecule has 0 saturated carbocycles. The molecule has 0 aliphatic rings. The number of benzene rings is 1. The van der Waals surface area contributed by atoms with Crippen LogP contribution in [0.2, 0.25) is 0 Å². The Morgan fingerprint density at radius 2 is 1.76 bits per heavy atom. The van der Waals surface area contributed by atoms with Crippen LogP contribution in [0.5, 0.6) is 0 Å². The van der Waals surface area contributed by atoms with Gasteiger partial charge in [0.05, 0.1) is 7.11 Å². The lowest BCUT2D eigenvalue weighted by atomic mass is 10.0. The molecular formula is C15H20N2O4. The van der Waals surface area contributed by atoms with Crippen molar-refractivity contribution in [3.63, 3.8) is 0 Å². The number of amides is 2. The van der Waals surface area contributed by atoms with Crippen LogP contribution in [-0.2, 0) is 25.5 Å². The Kier molecular flexibility index (Phi) is 6.39. The van der Waals surface area contributed by atoms with E-state index in [1.54, 1.807) is 0 Å². The van der Waals surface area contributed by atoms with Crippen LogP contribution in [0, 0.1) is 0 Å². The fraction of sp³-hybridized carbons (Fsp3) is 0.400. The lowest BCUT2D eigenvalue weighted by Crippen LogP contribution is -2.51. The molecule has 2 N–H and O–H groups in total. The summed E-state index contributed by atoms with van der Waals surface area (Å²) in [5.41, 5.74) is 0.914. The number of carbonyl (C=O) groups is 3. The summed E-state index contributed by atoms with van der Waals surface area (Å²) in [6, 6.07) is 7.81. The summed E-state index contributed by atoms with van der Waals surface area (Å²) < 4.78 is 4.55. The van der Waals surface area contributed by atoms with Crippen LogP contribution < -0.4 is 10.6 Å². The van der Waals surface area contributed by atoms with Gasteiger partial charge in [-0.05, 0) is 12.5 Å². The molecule has 0 heterocycles. The van der Waals surface area contributed by atoms with Gasteiger partial charge >= 0.3 is 5.97 Å². The molecule has 21 heavy (non-hydrogen) atoms. The third kappa shape index (κ3) is 5.64. The Morgan fingerprint density at radius 1 is 1.14 bits per heavy atom. The molecule has 0 aromatic heterocycles. The topological polar surface area (TPSA) is 84.5 Å². The quantitative estimate of drug-likeness (QED) is 0.744. The molecule has 6 nitrogen and oxygen atoms in total. The van der Waals surface area contributed by atoms with E-state index in [0.717, 1.165) is 5.56 Å². The fourth-order valence-corrected chi connectivity index (χ4v) is 1.85. The lowest BCUT2D eigenvalue weighted by molar-refractivity contribution is -0.144. The van der Waals surface area contributed by atoms with Crippen molar-refractivity contribution in [2.24, 2.45) is 0 Å². The number of hydrogen-bond donors (Lipinski definition) is 2. The predicted octanol–water partition coefficient (Wildman–Crippen LogP) is 0.411. The number of ether oxygens (including phenoxy) is 1. The second-order valence-corrected chi connectivity index (χ2v) is 4.70. The summed E-state index contributed by atoms with van der Waals surface area (Å²) in [6.45, 7) is 2.87. The number of hydrogen-bond acceptors (Lipinski definition) is 4. The molecule has 0 fully saturated rings. The van der Waals surface area contributed by atoms with Crippen LogP contribution >= 0.6 is 0 Å². The van der Waals surface area contributed by atoms with E-state index in [1.165, 1.54) is 21.0 Å². The molecule has 6 heteroatoms. The maximum atomic E-state index is 12.2. The van der Waals surface area contributed by atoms with Crippen molar-refractivity contribution in [1.82, 2.24) is 10.6 Å². The second-order valence-electron chi connectivity index (χ2n) is 4.70. The highest BCUT2D eigenvalue weighted by Gasteiger charge is 2.24. The molecule has 114 valence electrons.